The van der Waals surface area contributed by atoms with Gasteiger partial charge in [0.15, 0.2) is 0 Å². The van der Waals surface area contributed by atoms with E-state index in [1.54, 1.807) is 49.2 Å². The van der Waals surface area contributed by atoms with Crippen LogP contribution in [0.3, 0.4) is 0 Å². The van der Waals surface area contributed by atoms with E-state index in [2.05, 4.69) is 11.2 Å². The fourth-order valence-corrected chi connectivity index (χ4v) is 3.54. The molecule has 7 nitrogen and oxygen atoms in total. The Morgan fingerprint density at radius 3 is 2.66 bits per heavy atom. The topological polar surface area (TPSA) is 91.7 Å². The van der Waals surface area contributed by atoms with Gasteiger partial charge in [0.05, 0.1) is 26.2 Å². The molecule has 1 aliphatic rings. The van der Waals surface area contributed by atoms with Crippen LogP contribution in [-0.2, 0) is 16.0 Å². The largest absolute Gasteiger partial charge is 0.493 e. The Morgan fingerprint density at radius 1 is 1.25 bits per heavy atom. The van der Waals surface area contributed by atoms with E-state index in [-0.39, 0.29) is 17.8 Å². The van der Waals surface area contributed by atoms with Crippen LogP contribution in [0.2, 0.25) is 0 Å². The fourth-order valence-electron chi connectivity index (χ4n) is 3.54. The van der Waals surface area contributed by atoms with Crippen molar-refractivity contribution in [3.05, 3.63) is 59.2 Å². The molecule has 1 aliphatic heterocycles. The second-order valence-electron chi connectivity index (χ2n) is 7.65. The number of rotatable bonds is 7. The highest BCUT2D eigenvalue weighted by atomic mass is 16.5. The van der Waals surface area contributed by atoms with E-state index in [9.17, 15) is 9.59 Å². The number of amides is 1. The summed E-state index contributed by atoms with van der Waals surface area (Å²) >= 11 is 0. The summed E-state index contributed by atoms with van der Waals surface area (Å²) in [4.78, 5) is 26.1. The molecule has 0 aromatic heterocycles. The summed E-state index contributed by atoms with van der Waals surface area (Å²) in [6.45, 7) is 2.96. The van der Waals surface area contributed by atoms with Crippen LogP contribution in [0.1, 0.15) is 34.8 Å². The molecule has 7 heteroatoms. The number of nitrogens with one attached hydrogen (secondary N) is 2. The Bertz CT molecular complexity index is 1040. The third-order valence-corrected chi connectivity index (χ3v) is 5.19. The molecule has 1 heterocycles. The summed E-state index contributed by atoms with van der Waals surface area (Å²) in [7, 11) is 1.75. The first-order valence-electron chi connectivity index (χ1n) is 10.5. The van der Waals surface area contributed by atoms with Gasteiger partial charge in [-0.15, -0.1) is 6.42 Å². The normalized spacial score (nSPS) is 14.3. The van der Waals surface area contributed by atoms with Gasteiger partial charge in [-0.3, -0.25) is 15.0 Å². The zero-order chi connectivity index (χ0) is 23.1. The summed E-state index contributed by atoms with van der Waals surface area (Å²) in [5.74, 6) is 3.13. The van der Waals surface area contributed by atoms with Gasteiger partial charge in [-0.1, -0.05) is 18.1 Å². The maximum Gasteiger partial charge on any atom is 0.306 e. The van der Waals surface area contributed by atoms with Gasteiger partial charge in [0.1, 0.15) is 11.6 Å². The van der Waals surface area contributed by atoms with Crippen LogP contribution in [0.15, 0.2) is 42.5 Å². The average Bonchev–Trinajstić information content (AvgIpc) is 2.78. The number of esters is 1. The number of ether oxygens (including phenoxy) is 2. The molecule has 2 aromatic carbocycles. The van der Waals surface area contributed by atoms with Gasteiger partial charge >= 0.3 is 5.97 Å². The molecule has 1 amide bonds. The van der Waals surface area contributed by atoms with Crippen molar-refractivity contribution in [3.63, 3.8) is 0 Å². The molecule has 166 valence electrons. The van der Waals surface area contributed by atoms with Crippen LogP contribution >= 0.6 is 0 Å². The van der Waals surface area contributed by atoms with Gasteiger partial charge in [0, 0.05) is 29.8 Å². The van der Waals surface area contributed by atoms with Crippen molar-refractivity contribution in [1.29, 1.82) is 5.41 Å². The summed E-state index contributed by atoms with van der Waals surface area (Å²) in [5, 5.41) is 11.1. The smallest absolute Gasteiger partial charge is 0.306 e. The molecular weight excluding hydrogens is 406 g/mol. The van der Waals surface area contributed by atoms with Crippen LogP contribution in [0.25, 0.3) is 0 Å². The summed E-state index contributed by atoms with van der Waals surface area (Å²) < 4.78 is 10.8. The van der Waals surface area contributed by atoms with Crippen LogP contribution in [0.5, 0.6) is 5.75 Å². The van der Waals surface area contributed by atoms with E-state index >= 15 is 0 Å². The summed E-state index contributed by atoms with van der Waals surface area (Å²) in [6, 6.07) is 12.3. The van der Waals surface area contributed by atoms with Crippen LogP contribution in [0, 0.1) is 23.7 Å². The van der Waals surface area contributed by atoms with E-state index in [1.165, 1.54) is 0 Å². The standard InChI is InChI=1S/C25H27N3O4/c1-4-12-28(3)24(26)18-6-8-19(9-7-18)25(30)27-21-10-11-22-20(15-21)13-17(16-32-22)14-23(29)31-5-2/h1,6-11,15,17,26H,5,12-14,16H2,2-3H3,(H,27,30). The first-order chi connectivity index (χ1) is 15.4. The number of anilines is 1. The SMILES string of the molecule is C#CCN(C)C(=N)c1ccc(C(=O)Nc2ccc3c(c2)CC(CC(=O)OCC)CO3)cc1. The lowest BCUT2D eigenvalue weighted by atomic mass is 9.93. The highest BCUT2D eigenvalue weighted by Gasteiger charge is 2.23. The first-order valence-corrected chi connectivity index (χ1v) is 10.5. The van der Waals surface area contributed by atoms with E-state index in [4.69, 9.17) is 21.3 Å². The van der Waals surface area contributed by atoms with E-state index in [0.29, 0.717) is 55.3 Å². The predicted molar refractivity (Wildman–Crippen MR) is 123 cm³/mol. The van der Waals surface area contributed by atoms with Gasteiger partial charge in [0.25, 0.3) is 5.91 Å². The third-order valence-electron chi connectivity index (χ3n) is 5.19. The van der Waals surface area contributed by atoms with Crippen molar-refractivity contribution in [2.75, 3.05) is 32.1 Å². The Balaban J connectivity index is 1.64. The quantitative estimate of drug-likeness (QED) is 0.302. The fraction of sp³-hybridized carbons (Fsp3) is 0.320. The number of amidine groups is 1. The molecule has 1 atom stereocenters. The second-order valence-corrected chi connectivity index (χ2v) is 7.65. The highest BCUT2D eigenvalue weighted by molar-refractivity contribution is 6.05. The van der Waals surface area contributed by atoms with Gasteiger partial charge in [-0.05, 0) is 49.2 Å². The van der Waals surface area contributed by atoms with Gasteiger partial charge in [-0.25, -0.2) is 0 Å². The molecule has 1 unspecified atom stereocenters. The third kappa shape index (κ3) is 5.67. The van der Waals surface area contributed by atoms with Gasteiger partial charge in [0.2, 0.25) is 0 Å². The molecule has 0 aliphatic carbocycles. The molecule has 0 fully saturated rings. The van der Waals surface area contributed by atoms with Crippen molar-refractivity contribution in [1.82, 2.24) is 4.90 Å². The molecule has 0 saturated heterocycles. The molecule has 0 radical (unpaired) electrons. The van der Waals surface area contributed by atoms with Crippen molar-refractivity contribution in [3.8, 4) is 18.1 Å². The molecule has 2 N–H and O–H groups in total. The maximum absolute atomic E-state index is 12.7. The number of terminal acetylenes is 1. The van der Waals surface area contributed by atoms with Gasteiger partial charge < -0.3 is 19.7 Å². The molecule has 3 rings (SSSR count). The van der Waals surface area contributed by atoms with Crippen molar-refractivity contribution >= 4 is 23.4 Å². The van der Waals surface area contributed by atoms with Crippen LogP contribution < -0.4 is 10.1 Å². The minimum absolute atomic E-state index is 0.0444. The Morgan fingerprint density at radius 2 is 1.97 bits per heavy atom. The number of carbonyl (C=O) groups excluding carboxylic acids is 2. The minimum Gasteiger partial charge on any atom is -0.493 e. The Kier molecular flexibility index (Phi) is 7.50. The van der Waals surface area contributed by atoms with E-state index in [0.717, 1.165) is 11.3 Å². The Hall–Kier alpha value is -3.79. The summed E-state index contributed by atoms with van der Waals surface area (Å²) in [5.41, 5.74) is 2.76. The van der Waals surface area contributed by atoms with E-state index in [1.807, 2.05) is 12.1 Å². The maximum atomic E-state index is 12.7. The lowest BCUT2D eigenvalue weighted by Gasteiger charge is -2.25. The second kappa shape index (κ2) is 10.5. The van der Waals surface area contributed by atoms with E-state index < -0.39 is 0 Å². The number of nitrogens with zero attached hydrogens (tertiary/aromatic N) is 1. The van der Waals surface area contributed by atoms with Gasteiger partial charge in [-0.2, -0.15) is 0 Å². The zero-order valence-corrected chi connectivity index (χ0v) is 18.3. The molecule has 0 spiro atoms. The molecule has 32 heavy (non-hydrogen) atoms. The van der Waals surface area contributed by atoms with Crippen molar-refractivity contribution < 1.29 is 19.1 Å². The van der Waals surface area contributed by atoms with Crippen LogP contribution in [0.4, 0.5) is 5.69 Å². The highest BCUT2D eigenvalue weighted by Crippen LogP contribution is 2.31. The Labute approximate surface area is 188 Å². The number of fused-ring (bicyclic) bond motifs is 1. The number of benzene rings is 2. The zero-order valence-electron chi connectivity index (χ0n) is 18.3. The first kappa shape index (κ1) is 22.9. The van der Waals surface area contributed by atoms with Crippen molar-refractivity contribution in [2.45, 2.75) is 19.8 Å². The number of hydrogen-bond donors (Lipinski definition) is 2. The monoisotopic (exact) mass is 433 g/mol. The predicted octanol–water partition coefficient (Wildman–Crippen LogP) is 3.33. The lowest BCUT2D eigenvalue weighted by Crippen LogP contribution is -2.27. The molecule has 0 saturated carbocycles. The molecular formula is C25H27N3O4. The number of carbonyl (C=O) groups is 2. The van der Waals surface area contributed by atoms with Crippen molar-refractivity contribution in [2.24, 2.45) is 5.92 Å². The number of hydrogen-bond acceptors (Lipinski definition) is 5. The summed E-state index contributed by atoms with van der Waals surface area (Å²) in [6.07, 6.45) is 6.28. The average molecular weight is 434 g/mol. The molecule has 2 aromatic rings. The minimum atomic E-state index is -0.250. The lowest BCUT2D eigenvalue weighted by molar-refractivity contribution is -0.144. The molecule has 0 bridgehead atoms. The van der Waals surface area contributed by atoms with Crippen LogP contribution in [-0.4, -0.2) is 49.4 Å².